The molecule has 2 aliphatic heterocycles. The smallest absolute Gasteiger partial charge is 0.217 e. The Morgan fingerprint density at radius 1 is 1.14 bits per heavy atom. The molecule has 120 valence electrons. The lowest BCUT2D eigenvalue weighted by Gasteiger charge is -2.48. The van der Waals surface area contributed by atoms with Gasteiger partial charge >= 0.3 is 0 Å². The van der Waals surface area contributed by atoms with Crippen molar-refractivity contribution >= 4 is 5.91 Å². The number of hydrogen-bond acceptors (Lipinski definition) is 3. The first-order valence-corrected chi connectivity index (χ1v) is 8.82. The van der Waals surface area contributed by atoms with Crippen LogP contribution < -0.4 is 5.32 Å². The van der Waals surface area contributed by atoms with Crippen molar-refractivity contribution in [2.45, 2.75) is 82.4 Å². The molecule has 0 bridgehead atoms. The van der Waals surface area contributed by atoms with E-state index in [-0.39, 0.29) is 11.5 Å². The van der Waals surface area contributed by atoms with E-state index in [0.717, 1.165) is 38.3 Å². The Labute approximate surface area is 128 Å². The van der Waals surface area contributed by atoms with Crippen LogP contribution in [-0.2, 0) is 9.53 Å². The van der Waals surface area contributed by atoms with Gasteiger partial charge in [-0.2, -0.15) is 0 Å². The van der Waals surface area contributed by atoms with Crippen molar-refractivity contribution in [2.24, 2.45) is 0 Å². The highest BCUT2D eigenvalue weighted by molar-refractivity contribution is 5.73. The van der Waals surface area contributed by atoms with Crippen LogP contribution in [0.1, 0.15) is 64.7 Å². The quantitative estimate of drug-likeness (QED) is 0.850. The summed E-state index contributed by atoms with van der Waals surface area (Å²) in [5.74, 6) is 0.0942. The molecule has 3 rings (SSSR count). The summed E-state index contributed by atoms with van der Waals surface area (Å²) in [6.45, 7) is 4.77. The topological polar surface area (TPSA) is 41.6 Å². The maximum absolute atomic E-state index is 11.3. The predicted octanol–water partition coefficient (Wildman–Crippen LogP) is 2.47. The van der Waals surface area contributed by atoms with E-state index >= 15 is 0 Å². The predicted molar refractivity (Wildman–Crippen MR) is 83.2 cm³/mol. The van der Waals surface area contributed by atoms with Gasteiger partial charge in [0.25, 0.3) is 0 Å². The lowest BCUT2D eigenvalue weighted by atomic mass is 9.81. The molecule has 3 aliphatic rings. The molecule has 0 aromatic carbocycles. The van der Waals surface area contributed by atoms with Gasteiger partial charge in [-0.3, -0.25) is 4.79 Å². The number of ether oxygens (including phenoxy) is 1. The molecule has 4 heteroatoms. The maximum atomic E-state index is 11.3. The van der Waals surface area contributed by atoms with Crippen molar-refractivity contribution in [2.75, 3.05) is 19.7 Å². The minimum atomic E-state index is 0.0382. The molecule has 1 N–H and O–H groups in total. The SMILES string of the molecule is CC(=O)NC1CCOC2(CCN(C3CCCCC3)CC2)C1. The lowest BCUT2D eigenvalue weighted by molar-refractivity contribution is -0.132. The highest BCUT2D eigenvalue weighted by Crippen LogP contribution is 2.37. The first-order valence-electron chi connectivity index (χ1n) is 8.82. The number of nitrogens with zero attached hydrogens (tertiary/aromatic N) is 1. The third-order valence-corrected chi connectivity index (χ3v) is 5.70. The third kappa shape index (κ3) is 3.78. The largest absolute Gasteiger partial charge is 0.375 e. The Hall–Kier alpha value is -0.610. The highest BCUT2D eigenvalue weighted by Gasteiger charge is 2.41. The van der Waals surface area contributed by atoms with E-state index < -0.39 is 0 Å². The normalized spacial score (nSPS) is 31.2. The minimum absolute atomic E-state index is 0.0382. The number of carbonyl (C=O) groups is 1. The summed E-state index contributed by atoms with van der Waals surface area (Å²) in [4.78, 5) is 14.0. The van der Waals surface area contributed by atoms with Crippen molar-refractivity contribution in [3.63, 3.8) is 0 Å². The molecule has 1 unspecified atom stereocenters. The summed E-state index contributed by atoms with van der Waals surface area (Å²) < 4.78 is 6.18. The Bertz CT molecular complexity index is 358. The summed E-state index contributed by atoms with van der Waals surface area (Å²) in [5.41, 5.74) is 0.0382. The van der Waals surface area contributed by atoms with Crippen LogP contribution in [0.15, 0.2) is 0 Å². The molecular formula is C17H30N2O2. The third-order valence-electron chi connectivity index (χ3n) is 5.70. The van der Waals surface area contributed by atoms with Gasteiger partial charge in [0.15, 0.2) is 0 Å². The summed E-state index contributed by atoms with van der Waals surface area (Å²) in [7, 11) is 0. The van der Waals surface area contributed by atoms with Gasteiger partial charge in [0.2, 0.25) is 5.91 Å². The van der Waals surface area contributed by atoms with Gasteiger partial charge < -0.3 is 15.0 Å². The van der Waals surface area contributed by atoms with E-state index in [0.29, 0.717) is 6.04 Å². The fourth-order valence-corrected chi connectivity index (χ4v) is 4.53. The van der Waals surface area contributed by atoms with Crippen molar-refractivity contribution < 1.29 is 9.53 Å². The van der Waals surface area contributed by atoms with E-state index in [2.05, 4.69) is 10.2 Å². The molecule has 1 spiro atoms. The summed E-state index contributed by atoms with van der Waals surface area (Å²) >= 11 is 0. The van der Waals surface area contributed by atoms with Crippen LogP contribution in [-0.4, -0.2) is 48.2 Å². The number of piperidine rings is 1. The average Bonchev–Trinajstić information content (AvgIpc) is 2.48. The summed E-state index contributed by atoms with van der Waals surface area (Å²) in [5, 5.41) is 3.10. The van der Waals surface area contributed by atoms with E-state index in [1.807, 2.05) is 0 Å². The number of nitrogens with one attached hydrogen (secondary N) is 1. The second-order valence-electron chi connectivity index (χ2n) is 7.25. The Kier molecular flexibility index (Phi) is 4.85. The van der Waals surface area contributed by atoms with Crippen LogP contribution in [0.3, 0.4) is 0 Å². The molecule has 1 amide bonds. The number of amides is 1. The van der Waals surface area contributed by atoms with Gasteiger partial charge in [0.05, 0.1) is 5.60 Å². The van der Waals surface area contributed by atoms with E-state index in [4.69, 9.17) is 4.74 Å². The van der Waals surface area contributed by atoms with Gasteiger partial charge in [-0.15, -0.1) is 0 Å². The molecular weight excluding hydrogens is 264 g/mol. The lowest BCUT2D eigenvalue weighted by Crippen LogP contribution is -2.55. The van der Waals surface area contributed by atoms with E-state index in [1.54, 1.807) is 6.92 Å². The Morgan fingerprint density at radius 2 is 1.86 bits per heavy atom. The monoisotopic (exact) mass is 294 g/mol. The average molecular weight is 294 g/mol. The second-order valence-corrected chi connectivity index (χ2v) is 7.25. The second kappa shape index (κ2) is 6.66. The number of carbonyl (C=O) groups excluding carboxylic acids is 1. The fraction of sp³-hybridized carbons (Fsp3) is 0.941. The van der Waals surface area contributed by atoms with Crippen LogP contribution >= 0.6 is 0 Å². The van der Waals surface area contributed by atoms with Gasteiger partial charge in [0, 0.05) is 38.7 Å². The van der Waals surface area contributed by atoms with Gasteiger partial charge in [-0.05, 0) is 38.5 Å². The standard InChI is InChI=1S/C17H30N2O2/c1-14(20)18-15-7-12-21-17(13-15)8-10-19(11-9-17)16-5-3-2-4-6-16/h15-16H,2-13H2,1H3,(H,18,20). The molecule has 1 aliphatic carbocycles. The van der Waals surface area contributed by atoms with Crippen LogP contribution in [0.2, 0.25) is 0 Å². The van der Waals surface area contributed by atoms with Crippen LogP contribution in [0.4, 0.5) is 0 Å². The zero-order valence-corrected chi connectivity index (χ0v) is 13.4. The number of rotatable bonds is 2. The molecule has 4 nitrogen and oxygen atoms in total. The Balaban J connectivity index is 1.52. The van der Waals surface area contributed by atoms with Crippen LogP contribution in [0.5, 0.6) is 0 Å². The molecule has 3 fully saturated rings. The van der Waals surface area contributed by atoms with E-state index in [9.17, 15) is 4.79 Å². The minimum Gasteiger partial charge on any atom is -0.375 e. The molecule has 0 radical (unpaired) electrons. The van der Waals surface area contributed by atoms with Crippen LogP contribution in [0.25, 0.3) is 0 Å². The summed E-state index contributed by atoms with van der Waals surface area (Å²) in [6.07, 6.45) is 11.3. The zero-order valence-electron chi connectivity index (χ0n) is 13.4. The molecule has 1 saturated carbocycles. The molecule has 0 aromatic heterocycles. The first kappa shape index (κ1) is 15.3. The van der Waals surface area contributed by atoms with E-state index in [1.165, 1.54) is 45.2 Å². The maximum Gasteiger partial charge on any atom is 0.217 e. The molecule has 21 heavy (non-hydrogen) atoms. The molecule has 2 heterocycles. The van der Waals surface area contributed by atoms with Gasteiger partial charge in [-0.25, -0.2) is 0 Å². The number of hydrogen-bond donors (Lipinski definition) is 1. The van der Waals surface area contributed by atoms with Crippen molar-refractivity contribution in [3.8, 4) is 0 Å². The number of likely N-dealkylation sites (tertiary alicyclic amines) is 1. The fourth-order valence-electron chi connectivity index (χ4n) is 4.53. The zero-order chi connectivity index (χ0) is 14.7. The molecule has 1 atom stereocenters. The van der Waals surface area contributed by atoms with Crippen LogP contribution in [0, 0.1) is 0 Å². The van der Waals surface area contributed by atoms with Gasteiger partial charge in [-0.1, -0.05) is 19.3 Å². The summed E-state index contributed by atoms with van der Waals surface area (Å²) in [6, 6.07) is 1.14. The highest BCUT2D eigenvalue weighted by atomic mass is 16.5. The Morgan fingerprint density at radius 3 is 2.52 bits per heavy atom. The van der Waals surface area contributed by atoms with Crippen molar-refractivity contribution in [3.05, 3.63) is 0 Å². The molecule has 2 saturated heterocycles. The van der Waals surface area contributed by atoms with Crippen molar-refractivity contribution in [1.29, 1.82) is 0 Å². The molecule has 0 aromatic rings. The van der Waals surface area contributed by atoms with Crippen molar-refractivity contribution in [1.82, 2.24) is 10.2 Å². The first-order chi connectivity index (χ1) is 10.2. The van der Waals surface area contributed by atoms with Gasteiger partial charge in [0.1, 0.15) is 0 Å².